The predicted octanol–water partition coefficient (Wildman–Crippen LogP) is 3.81. The first kappa shape index (κ1) is 20.9. The minimum Gasteiger partial charge on any atom is -0.445 e. The van der Waals surface area contributed by atoms with Gasteiger partial charge in [0.15, 0.2) is 0 Å². The number of halogens is 2. The molecule has 0 spiro atoms. The first-order valence-electron chi connectivity index (χ1n) is 8.87. The molecular formula is C19H26F2N2O4. The van der Waals surface area contributed by atoms with Crippen LogP contribution in [0.1, 0.15) is 32.8 Å². The number of alkyl carbamates (subject to hydrolysis) is 1. The number of benzene rings is 1. The molecule has 1 heterocycles. The van der Waals surface area contributed by atoms with Crippen LogP contribution in [0.15, 0.2) is 30.3 Å². The first-order valence-corrected chi connectivity index (χ1v) is 8.87. The molecule has 1 aliphatic rings. The molecule has 1 N–H and O–H groups in total. The van der Waals surface area contributed by atoms with E-state index in [1.807, 2.05) is 18.2 Å². The van der Waals surface area contributed by atoms with E-state index in [4.69, 9.17) is 9.47 Å². The summed E-state index contributed by atoms with van der Waals surface area (Å²) in [5.41, 5.74) is 0.0956. The van der Waals surface area contributed by atoms with Gasteiger partial charge in [-0.05, 0) is 26.3 Å². The molecule has 0 saturated carbocycles. The number of alkyl halides is 2. The number of carbonyl (C=O) groups is 2. The lowest BCUT2D eigenvalue weighted by Crippen LogP contribution is -2.53. The number of ether oxygens (including phenoxy) is 2. The SMILES string of the molecule is CC(C)(C)OC(=O)N1CCC(F)(F)[C@H](CNC(=O)OCc2ccccc2)C1. The molecule has 150 valence electrons. The van der Waals surface area contributed by atoms with Crippen molar-refractivity contribution in [1.29, 1.82) is 0 Å². The molecule has 2 rings (SSSR count). The van der Waals surface area contributed by atoms with Crippen LogP contribution < -0.4 is 5.32 Å². The van der Waals surface area contributed by atoms with Crippen LogP contribution in [0, 0.1) is 5.92 Å². The van der Waals surface area contributed by atoms with Gasteiger partial charge in [0.25, 0.3) is 5.92 Å². The average Bonchev–Trinajstić information content (AvgIpc) is 2.58. The minimum absolute atomic E-state index is 0.0533. The van der Waals surface area contributed by atoms with Gasteiger partial charge in [0.2, 0.25) is 0 Å². The largest absolute Gasteiger partial charge is 0.445 e. The fourth-order valence-corrected chi connectivity index (χ4v) is 2.67. The molecule has 1 atom stereocenters. The normalized spacial score (nSPS) is 19.3. The van der Waals surface area contributed by atoms with E-state index in [-0.39, 0.29) is 26.2 Å². The van der Waals surface area contributed by atoms with E-state index < -0.39 is 36.0 Å². The smallest absolute Gasteiger partial charge is 0.410 e. The fourth-order valence-electron chi connectivity index (χ4n) is 2.67. The van der Waals surface area contributed by atoms with Gasteiger partial charge in [-0.25, -0.2) is 18.4 Å². The molecule has 2 amide bonds. The first-order chi connectivity index (χ1) is 12.6. The van der Waals surface area contributed by atoms with Gasteiger partial charge in [-0.2, -0.15) is 0 Å². The zero-order chi connectivity index (χ0) is 20.1. The summed E-state index contributed by atoms with van der Waals surface area (Å²) in [4.78, 5) is 25.2. The van der Waals surface area contributed by atoms with E-state index in [0.717, 1.165) is 5.56 Å². The number of rotatable bonds is 4. The summed E-state index contributed by atoms with van der Waals surface area (Å²) in [7, 11) is 0. The van der Waals surface area contributed by atoms with Crippen LogP contribution in [0.2, 0.25) is 0 Å². The number of carbonyl (C=O) groups excluding carboxylic acids is 2. The van der Waals surface area contributed by atoms with Crippen molar-refractivity contribution in [1.82, 2.24) is 10.2 Å². The number of nitrogens with one attached hydrogen (secondary N) is 1. The van der Waals surface area contributed by atoms with Crippen LogP contribution >= 0.6 is 0 Å². The molecule has 1 aromatic carbocycles. The number of piperidine rings is 1. The molecule has 0 aromatic heterocycles. The van der Waals surface area contributed by atoms with Gasteiger partial charge in [0, 0.05) is 26.1 Å². The van der Waals surface area contributed by atoms with E-state index in [1.165, 1.54) is 4.90 Å². The third kappa shape index (κ3) is 6.69. The Labute approximate surface area is 157 Å². The van der Waals surface area contributed by atoms with Gasteiger partial charge < -0.3 is 19.7 Å². The molecule has 0 radical (unpaired) electrons. The zero-order valence-corrected chi connectivity index (χ0v) is 15.8. The second kappa shape index (κ2) is 8.54. The summed E-state index contributed by atoms with van der Waals surface area (Å²) < 4.78 is 38.6. The molecule has 0 aliphatic carbocycles. The Morgan fingerprint density at radius 1 is 1.26 bits per heavy atom. The highest BCUT2D eigenvalue weighted by molar-refractivity contribution is 5.68. The number of hydrogen-bond acceptors (Lipinski definition) is 4. The molecule has 0 bridgehead atoms. The van der Waals surface area contributed by atoms with Crippen LogP contribution in [-0.4, -0.2) is 48.2 Å². The van der Waals surface area contributed by atoms with Crippen molar-refractivity contribution in [3.05, 3.63) is 35.9 Å². The van der Waals surface area contributed by atoms with E-state index >= 15 is 0 Å². The number of hydrogen-bond donors (Lipinski definition) is 1. The lowest BCUT2D eigenvalue weighted by atomic mass is 9.93. The summed E-state index contributed by atoms with van der Waals surface area (Å²) in [6.45, 7) is 4.62. The van der Waals surface area contributed by atoms with E-state index in [1.54, 1.807) is 32.9 Å². The molecule has 1 aromatic rings. The minimum atomic E-state index is -2.98. The highest BCUT2D eigenvalue weighted by atomic mass is 19.3. The van der Waals surface area contributed by atoms with Gasteiger partial charge in [0.1, 0.15) is 12.2 Å². The summed E-state index contributed by atoms with van der Waals surface area (Å²) in [5.74, 6) is -4.19. The molecule has 8 heteroatoms. The van der Waals surface area contributed by atoms with Crippen LogP contribution in [-0.2, 0) is 16.1 Å². The predicted molar refractivity (Wildman–Crippen MR) is 95.5 cm³/mol. The lowest BCUT2D eigenvalue weighted by molar-refractivity contribution is -0.103. The van der Waals surface area contributed by atoms with Crippen molar-refractivity contribution in [3.63, 3.8) is 0 Å². The fraction of sp³-hybridized carbons (Fsp3) is 0.579. The van der Waals surface area contributed by atoms with E-state index in [0.29, 0.717) is 0 Å². The van der Waals surface area contributed by atoms with E-state index in [9.17, 15) is 18.4 Å². The van der Waals surface area contributed by atoms with Crippen molar-refractivity contribution in [2.24, 2.45) is 5.92 Å². The second-order valence-corrected chi connectivity index (χ2v) is 7.58. The number of nitrogens with zero attached hydrogens (tertiary/aromatic N) is 1. The maximum atomic E-state index is 14.2. The lowest BCUT2D eigenvalue weighted by Gasteiger charge is -2.38. The Hall–Kier alpha value is -2.38. The highest BCUT2D eigenvalue weighted by Gasteiger charge is 2.45. The summed E-state index contributed by atoms with van der Waals surface area (Å²) in [6.07, 6.45) is -1.88. The molecule has 1 fully saturated rings. The number of amides is 2. The van der Waals surface area contributed by atoms with Crippen LogP contribution in [0.25, 0.3) is 0 Å². The molecule has 0 unspecified atom stereocenters. The third-order valence-electron chi connectivity index (χ3n) is 4.11. The Bertz CT molecular complexity index is 647. The van der Waals surface area contributed by atoms with Crippen LogP contribution in [0.3, 0.4) is 0 Å². The summed E-state index contributed by atoms with van der Waals surface area (Å²) in [5, 5.41) is 2.37. The van der Waals surface area contributed by atoms with Crippen molar-refractivity contribution in [3.8, 4) is 0 Å². The highest BCUT2D eigenvalue weighted by Crippen LogP contribution is 2.33. The molecule has 1 saturated heterocycles. The molecule has 1 aliphatic heterocycles. The average molecular weight is 384 g/mol. The Kier molecular flexibility index (Phi) is 6.62. The maximum Gasteiger partial charge on any atom is 0.410 e. The molecule has 6 nitrogen and oxygen atoms in total. The molecular weight excluding hydrogens is 358 g/mol. The zero-order valence-electron chi connectivity index (χ0n) is 15.8. The van der Waals surface area contributed by atoms with Gasteiger partial charge >= 0.3 is 12.2 Å². The van der Waals surface area contributed by atoms with Crippen molar-refractivity contribution in [2.45, 2.75) is 45.3 Å². The number of likely N-dealkylation sites (tertiary alicyclic amines) is 1. The van der Waals surface area contributed by atoms with Crippen LogP contribution in [0.4, 0.5) is 18.4 Å². The second-order valence-electron chi connectivity index (χ2n) is 7.58. The standard InChI is InChI=1S/C19H26F2N2O4/c1-18(2,3)27-17(25)23-10-9-19(20,21)15(12-23)11-22-16(24)26-13-14-7-5-4-6-8-14/h4-8,15H,9-13H2,1-3H3,(H,22,24)/t15-/m1/s1. The van der Waals surface area contributed by atoms with Gasteiger partial charge in [-0.1, -0.05) is 30.3 Å². The van der Waals surface area contributed by atoms with Gasteiger partial charge in [-0.3, -0.25) is 0 Å². The Morgan fingerprint density at radius 2 is 1.93 bits per heavy atom. The van der Waals surface area contributed by atoms with Crippen molar-refractivity contribution in [2.75, 3.05) is 19.6 Å². The van der Waals surface area contributed by atoms with Gasteiger partial charge in [0.05, 0.1) is 5.92 Å². The Morgan fingerprint density at radius 3 is 2.56 bits per heavy atom. The van der Waals surface area contributed by atoms with E-state index in [2.05, 4.69) is 5.32 Å². The van der Waals surface area contributed by atoms with Crippen LogP contribution in [0.5, 0.6) is 0 Å². The van der Waals surface area contributed by atoms with Crippen molar-refractivity contribution >= 4 is 12.2 Å². The molecule has 27 heavy (non-hydrogen) atoms. The maximum absolute atomic E-state index is 14.2. The monoisotopic (exact) mass is 384 g/mol. The summed E-state index contributed by atoms with van der Waals surface area (Å²) >= 11 is 0. The van der Waals surface area contributed by atoms with Gasteiger partial charge in [-0.15, -0.1) is 0 Å². The third-order valence-corrected chi connectivity index (χ3v) is 4.11. The topological polar surface area (TPSA) is 67.9 Å². The van der Waals surface area contributed by atoms with Crippen molar-refractivity contribution < 1.29 is 27.8 Å². The Balaban J connectivity index is 1.85. The quantitative estimate of drug-likeness (QED) is 0.857. The summed E-state index contributed by atoms with van der Waals surface area (Å²) in [6, 6.07) is 9.04.